The molecule has 7 nitrogen and oxygen atoms in total. The minimum atomic E-state index is -0.460. The van der Waals surface area contributed by atoms with Gasteiger partial charge in [-0.25, -0.2) is 4.79 Å². The van der Waals surface area contributed by atoms with Crippen molar-refractivity contribution in [3.63, 3.8) is 0 Å². The van der Waals surface area contributed by atoms with Gasteiger partial charge < -0.3 is 19.8 Å². The highest BCUT2D eigenvalue weighted by atomic mass is 16.5. The molecule has 1 aromatic heterocycles. The minimum Gasteiger partial charge on any atom is -0.497 e. The number of amides is 2. The molecule has 2 N–H and O–H groups in total. The molecule has 0 atom stereocenters. The van der Waals surface area contributed by atoms with Gasteiger partial charge in [-0.2, -0.15) is 0 Å². The van der Waals surface area contributed by atoms with Gasteiger partial charge in [-0.3, -0.25) is 9.59 Å². The van der Waals surface area contributed by atoms with Crippen molar-refractivity contribution in [1.82, 2.24) is 5.32 Å². The number of ether oxygens (including phenoxy) is 1. The van der Waals surface area contributed by atoms with Gasteiger partial charge in [0, 0.05) is 41.7 Å². The zero-order chi connectivity index (χ0) is 21.0. The van der Waals surface area contributed by atoms with Crippen molar-refractivity contribution in [3.05, 3.63) is 69.6 Å². The molecule has 7 heteroatoms. The summed E-state index contributed by atoms with van der Waals surface area (Å²) in [7, 11) is 3.09. The maximum Gasteiger partial charge on any atom is 0.339 e. The lowest BCUT2D eigenvalue weighted by molar-refractivity contribution is -0.116. The van der Waals surface area contributed by atoms with Crippen LogP contribution in [0.2, 0.25) is 0 Å². The van der Waals surface area contributed by atoms with Crippen LogP contribution in [0.5, 0.6) is 5.75 Å². The zero-order valence-electron chi connectivity index (χ0n) is 16.5. The quantitative estimate of drug-likeness (QED) is 0.626. The second-order valence-electron chi connectivity index (χ2n) is 6.56. The summed E-state index contributed by atoms with van der Waals surface area (Å²) in [5.74, 6) is 0.112. The fourth-order valence-electron chi connectivity index (χ4n) is 3.14. The fraction of sp³-hybridized carbons (Fsp3) is 0.227. The number of benzene rings is 2. The van der Waals surface area contributed by atoms with Crippen LogP contribution in [0.4, 0.5) is 5.69 Å². The predicted molar refractivity (Wildman–Crippen MR) is 111 cm³/mol. The number of anilines is 1. The van der Waals surface area contributed by atoms with E-state index in [4.69, 9.17) is 9.15 Å². The number of carbonyl (C=O) groups is 2. The molecule has 0 bridgehead atoms. The number of nitrogens with one attached hydrogen (secondary N) is 2. The standard InChI is InChI=1S/C22H22N2O5/c1-13-17-8-7-16(28-3)12-19(17)29-22(27)18(13)9-10-20(25)24-15-6-4-5-14(11-15)21(26)23-2/h4-8,11-12H,9-10H2,1-3H3,(H,23,26)(H,24,25). The van der Waals surface area contributed by atoms with E-state index in [0.29, 0.717) is 28.1 Å². The van der Waals surface area contributed by atoms with E-state index < -0.39 is 5.63 Å². The van der Waals surface area contributed by atoms with Crippen molar-refractivity contribution in [2.24, 2.45) is 0 Å². The summed E-state index contributed by atoms with van der Waals surface area (Å²) in [6, 6.07) is 11.9. The number of fused-ring (bicyclic) bond motifs is 1. The normalized spacial score (nSPS) is 10.6. The molecule has 0 aliphatic heterocycles. The third kappa shape index (κ3) is 4.45. The van der Waals surface area contributed by atoms with E-state index in [1.165, 1.54) is 0 Å². The lowest BCUT2D eigenvalue weighted by Crippen LogP contribution is -2.19. The Bertz CT molecular complexity index is 1130. The lowest BCUT2D eigenvalue weighted by atomic mass is 10.0. The second kappa shape index (κ2) is 8.60. The van der Waals surface area contributed by atoms with Gasteiger partial charge in [-0.15, -0.1) is 0 Å². The second-order valence-corrected chi connectivity index (χ2v) is 6.56. The predicted octanol–water partition coefficient (Wildman–Crippen LogP) is 3.04. The summed E-state index contributed by atoms with van der Waals surface area (Å²) in [6.45, 7) is 1.84. The van der Waals surface area contributed by atoms with Gasteiger partial charge in [0.15, 0.2) is 0 Å². The van der Waals surface area contributed by atoms with Crippen LogP contribution in [-0.4, -0.2) is 26.0 Å². The van der Waals surface area contributed by atoms with Crippen molar-refractivity contribution in [2.45, 2.75) is 19.8 Å². The lowest BCUT2D eigenvalue weighted by Gasteiger charge is -2.10. The molecule has 0 radical (unpaired) electrons. The summed E-state index contributed by atoms with van der Waals surface area (Å²) >= 11 is 0. The first kappa shape index (κ1) is 20.1. The van der Waals surface area contributed by atoms with Crippen LogP contribution in [0, 0.1) is 6.92 Å². The van der Waals surface area contributed by atoms with E-state index in [0.717, 1.165) is 10.9 Å². The molecule has 150 valence electrons. The van der Waals surface area contributed by atoms with Crippen LogP contribution in [0.3, 0.4) is 0 Å². The molecule has 3 rings (SSSR count). The average molecular weight is 394 g/mol. The SMILES string of the molecule is CNC(=O)c1cccc(NC(=O)CCc2c(C)c3ccc(OC)cc3oc2=O)c1. The van der Waals surface area contributed by atoms with Crippen molar-refractivity contribution >= 4 is 28.5 Å². The van der Waals surface area contributed by atoms with Gasteiger partial charge in [0.25, 0.3) is 5.91 Å². The number of aryl methyl sites for hydroxylation is 1. The zero-order valence-corrected chi connectivity index (χ0v) is 16.5. The monoisotopic (exact) mass is 394 g/mol. The number of methoxy groups -OCH3 is 1. The van der Waals surface area contributed by atoms with Gasteiger partial charge in [0.05, 0.1) is 7.11 Å². The van der Waals surface area contributed by atoms with Gasteiger partial charge >= 0.3 is 5.63 Å². The molecule has 29 heavy (non-hydrogen) atoms. The van der Waals surface area contributed by atoms with Gasteiger partial charge in [0.1, 0.15) is 11.3 Å². The Labute approximate surface area is 167 Å². The highest BCUT2D eigenvalue weighted by Crippen LogP contribution is 2.24. The average Bonchev–Trinajstić information content (AvgIpc) is 2.72. The van der Waals surface area contributed by atoms with Crippen LogP contribution < -0.4 is 21.0 Å². The summed E-state index contributed by atoms with van der Waals surface area (Å²) in [6.07, 6.45) is 0.356. The van der Waals surface area contributed by atoms with E-state index in [1.807, 2.05) is 13.0 Å². The molecule has 0 unspecified atom stereocenters. The largest absolute Gasteiger partial charge is 0.497 e. The number of carbonyl (C=O) groups excluding carboxylic acids is 2. The Morgan fingerprint density at radius 3 is 2.66 bits per heavy atom. The van der Waals surface area contributed by atoms with E-state index >= 15 is 0 Å². The highest BCUT2D eigenvalue weighted by Gasteiger charge is 2.14. The summed E-state index contributed by atoms with van der Waals surface area (Å²) < 4.78 is 10.6. The van der Waals surface area contributed by atoms with Gasteiger partial charge in [-0.1, -0.05) is 6.07 Å². The van der Waals surface area contributed by atoms with E-state index in [9.17, 15) is 14.4 Å². The highest BCUT2D eigenvalue weighted by molar-refractivity contribution is 5.97. The van der Waals surface area contributed by atoms with E-state index in [2.05, 4.69) is 10.6 Å². The van der Waals surface area contributed by atoms with Crippen LogP contribution >= 0.6 is 0 Å². The van der Waals surface area contributed by atoms with E-state index in [1.54, 1.807) is 50.6 Å². The number of hydrogen-bond donors (Lipinski definition) is 2. The van der Waals surface area contributed by atoms with Crippen molar-refractivity contribution in [2.75, 3.05) is 19.5 Å². The fourth-order valence-corrected chi connectivity index (χ4v) is 3.14. The molecule has 0 fully saturated rings. The third-order valence-electron chi connectivity index (χ3n) is 4.73. The maximum absolute atomic E-state index is 12.4. The molecule has 1 heterocycles. The number of rotatable bonds is 6. The first-order valence-electron chi connectivity index (χ1n) is 9.15. The summed E-state index contributed by atoms with van der Waals surface area (Å²) in [4.78, 5) is 36.4. The smallest absolute Gasteiger partial charge is 0.339 e. The molecule has 0 saturated carbocycles. The number of hydrogen-bond acceptors (Lipinski definition) is 5. The molecule has 2 amide bonds. The van der Waals surface area contributed by atoms with Crippen molar-refractivity contribution in [1.29, 1.82) is 0 Å². The molecule has 0 spiro atoms. The Hall–Kier alpha value is -3.61. The van der Waals surface area contributed by atoms with Crippen LogP contribution in [0.15, 0.2) is 51.7 Å². The van der Waals surface area contributed by atoms with Crippen molar-refractivity contribution in [3.8, 4) is 5.75 Å². The third-order valence-corrected chi connectivity index (χ3v) is 4.73. The molecule has 0 aliphatic rings. The Kier molecular flexibility index (Phi) is 5.97. The molecule has 0 saturated heterocycles. The Morgan fingerprint density at radius 2 is 1.93 bits per heavy atom. The maximum atomic E-state index is 12.4. The Balaban J connectivity index is 1.74. The molecular formula is C22H22N2O5. The summed E-state index contributed by atoms with van der Waals surface area (Å²) in [5.41, 5.74) is 2.21. The van der Waals surface area contributed by atoms with Crippen LogP contribution in [0.25, 0.3) is 11.0 Å². The van der Waals surface area contributed by atoms with Crippen LogP contribution in [0.1, 0.15) is 27.9 Å². The van der Waals surface area contributed by atoms with Gasteiger partial charge in [-0.05, 0) is 49.2 Å². The summed E-state index contributed by atoms with van der Waals surface area (Å²) in [5, 5.41) is 6.10. The topological polar surface area (TPSA) is 97.6 Å². The minimum absolute atomic E-state index is 0.109. The first-order chi connectivity index (χ1) is 13.9. The van der Waals surface area contributed by atoms with Gasteiger partial charge in [0.2, 0.25) is 5.91 Å². The molecule has 2 aromatic carbocycles. The molecular weight excluding hydrogens is 372 g/mol. The molecule has 0 aliphatic carbocycles. The Morgan fingerprint density at radius 1 is 1.14 bits per heavy atom. The van der Waals surface area contributed by atoms with Crippen molar-refractivity contribution < 1.29 is 18.7 Å². The van der Waals surface area contributed by atoms with Crippen LogP contribution in [-0.2, 0) is 11.2 Å². The first-order valence-corrected chi connectivity index (χ1v) is 9.15. The van der Waals surface area contributed by atoms with E-state index in [-0.39, 0.29) is 24.7 Å². The molecule has 3 aromatic rings.